The molecular formula is C37H35ClN4O5. The summed E-state index contributed by atoms with van der Waals surface area (Å²) >= 11 is 6.36. The van der Waals surface area contributed by atoms with E-state index in [1.54, 1.807) is 48.2 Å². The summed E-state index contributed by atoms with van der Waals surface area (Å²) in [5.41, 5.74) is 1.84. The first kappa shape index (κ1) is 32.0. The fraction of sp³-hybridized carbons (Fsp3) is 0.216. The van der Waals surface area contributed by atoms with Crippen LogP contribution in [0.3, 0.4) is 0 Å². The topological polar surface area (TPSA) is 119 Å². The summed E-state index contributed by atoms with van der Waals surface area (Å²) in [4.78, 5) is 43.3. The number of aliphatic hydroxyl groups excluding tert-OH is 1. The van der Waals surface area contributed by atoms with Crippen molar-refractivity contribution in [1.29, 1.82) is 0 Å². The van der Waals surface area contributed by atoms with Crippen LogP contribution < -0.4 is 10.5 Å². The zero-order valence-corrected chi connectivity index (χ0v) is 26.6. The molecule has 10 heteroatoms. The van der Waals surface area contributed by atoms with Crippen LogP contribution in [0.15, 0.2) is 114 Å². The molecule has 9 nitrogen and oxygen atoms in total. The Bertz CT molecular complexity index is 2020. The molecule has 0 saturated heterocycles. The summed E-state index contributed by atoms with van der Waals surface area (Å²) in [7, 11) is 0. The monoisotopic (exact) mass is 650 g/mol. The van der Waals surface area contributed by atoms with Crippen molar-refractivity contribution in [3.05, 3.63) is 141 Å². The Morgan fingerprint density at radius 3 is 2.49 bits per heavy atom. The largest absolute Gasteiger partial charge is 0.395 e. The molecule has 0 fully saturated rings. The van der Waals surface area contributed by atoms with E-state index in [2.05, 4.69) is 5.10 Å². The van der Waals surface area contributed by atoms with Gasteiger partial charge in [-0.2, -0.15) is 0 Å². The van der Waals surface area contributed by atoms with E-state index >= 15 is 0 Å². The van der Waals surface area contributed by atoms with Gasteiger partial charge in [-0.1, -0.05) is 85.3 Å². The number of carbonyl (C=O) groups is 2. The van der Waals surface area contributed by atoms with Crippen molar-refractivity contribution in [2.24, 2.45) is 5.92 Å². The van der Waals surface area contributed by atoms with Crippen molar-refractivity contribution in [3.63, 3.8) is 0 Å². The summed E-state index contributed by atoms with van der Waals surface area (Å²) < 4.78 is 1.47. The van der Waals surface area contributed by atoms with Gasteiger partial charge in [-0.3, -0.25) is 19.5 Å². The summed E-state index contributed by atoms with van der Waals surface area (Å²) in [6, 6.07) is 29.1. The third-order valence-corrected chi connectivity index (χ3v) is 8.88. The number of fused-ring (bicyclic) bond motifs is 2. The number of hydrogen-bond donors (Lipinski definition) is 3. The Morgan fingerprint density at radius 2 is 1.72 bits per heavy atom. The zero-order chi connectivity index (χ0) is 33.1. The molecule has 2 amide bonds. The van der Waals surface area contributed by atoms with Crippen LogP contribution in [-0.4, -0.2) is 49.9 Å². The maximum atomic E-state index is 14.1. The molecule has 6 rings (SSSR count). The van der Waals surface area contributed by atoms with Crippen LogP contribution in [0.25, 0.3) is 16.6 Å². The van der Waals surface area contributed by atoms with Crippen LogP contribution in [0.4, 0.5) is 5.69 Å². The highest BCUT2D eigenvalue weighted by Gasteiger charge is 2.52. The lowest BCUT2D eigenvalue weighted by Crippen LogP contribution is -2.44. The highest BCUT2D eigenvalue weighted by atomic mass is 35.5. The van der Waals surface area contributed by atoms with Crippen molar-refractivity contribution in [2.75, 3.05) is 18.1 Å². The molecule has 1 aromatic heterocycles. The molecule has 0 saturated carbocycles. The molecule has 0 unspecified atom stereocenters. The van der Waals surface area contributed by atoms with Gasteiger partial charge in [0, 0.05) is 36.0 Å². The molecular weight excluding hydrogens is 616 g/mol. The second kappa shape index (κ2) is 13.4. The number of nitrogens with one attached hydrogen (secondary N) is 1. The van der Waals surface area contributed by atoms with Gasteiger partial charge in [-0.15, -0.1) is 0 Å². The first-order chi connectivity index (χ1) is 22.7. The van der Waals surface area contributed by atoms with Gasteiger partial charge >= 0.3 is 0 Å². The minimum atomic E-state index is -1.93. The number of H-pyrrole nitrogens is 1. The minimum Gasteiger partial charge on any atom is -0.395 e. The second-order valence-corrected chi connectivity index (χ2v) is 12.2. The van der Waals surface area contributed by atoms with E-state index in [4.69, 9.17) is 11.6 Å². The Balaban J connectivity index is 1.23. The fourth-order valence-electron chi connectivity index (χ4n) is 6.15. The predicted molar refractivity (Wildman–Crippen MR) is 182 cm³/mol. The Hall–Kier alpha value is -4.96. The SMILES string of the molecule is C[C@@H](/C=C/CC(=O)N(CCO)Cc1ccccc1)[C@]1(O)C(=O)N(Cc2cccc(-n3[nH]c4ccccc4c3=O)c2)c2ccc(Cl)cc21. The molecule has 0 spiro atoms. The van der Waals surface area contributed by atoms with Crippen molar-refractivity contribution < 1.29 is 19.8 Å². The van der Waals surface area contributed by atoms with E-state index in [1.807, 2.05) is 72.8 Å². The Labute approximate surface area is 276 Å². The maximum Gasteiger partial charge on any atom is 0.279 e. The average Bonchev–Trinajstić information content (AvgIpc) is 3.52. The van der Waals surface area contributed by atoms with Gasteiger partial charge in [0.15, 0.2) is 5.60 Å². The van der Waals surface area contributed by atoms with Gasteiger partial charge < -0.3 is 20.0 Å². The molecule has 3 N–H and O–H groups in total. The number of halogens is 1. The first-order valence-electron chi connectivity index (χ1n) is 15.4. The van der Waals surface area contributed by atoms with Crippen LogP contribution in [0.2, 0.25) is 5.02 Å². The molecule has 5 aromatic rings. The van der Waals surface area contributed by atoms with Crippen LogP contribution in [-0.2, 0) is 28.3 Å². The quantitative estimate of drug-likeness (QED) is 0.168. The second-order valence-electron chi connectivity index (χ2n) is 11.7. The van der Waals surface area contributed by atoms with Gasteiger partial charge in [0.1, 0.15) is 0 Å². The molecule has 0 radical (unpaired) electrons. The molecule has 0 aliphatic carbocycles. The number of rotatable bonds is 11. The van der Waals surface area contributed by atoms with Gasteiger partial charge in [0.2, 0.25) is 5.91 Å². The number of para-hydroxylation sites is 1. The predicted octanol–water partition coefficient (Wildman–Crippen LogP) is 5.31. The van der Waals surface area contributed by atoms with Crippen LogP contribution in [0.5, 0.6) is 0 Å². The first-order valence-corrected chi connectivity index (χ1v) is 15.8. The average molecular weight is 651 g/mol. The molecule has 2 atom stereocenters. The summed E-state index contributed by atoms with van der Waals surface area (Å²) in [5, 5.41) is 25.7. The third-order valence-electron chi connectivity index (χ3n) is 8.65. The van der Waals surface area contributed by atoms with E-state index < -0.39 is 17.4 Å². The van der Waals surface area contributed by atoms with Crippen LogP contribution in [0, 0.1) is 5.92 Å². The summed E-state index contributed by atoms with van der Waals surface area (Å²) in [6.45, 7) is 2.26. The van der Waals surface area contributed by atoms with Crippen molar-refractivity contribution in [1.82, 2.24) is 14.7 Å². The smallest absolute Gasteiger partial charge is 0.279 e. The fourth-order valence-corrected chi connectivity index (χ4v) is 6.32. The van der Waals surface area contributed by atoms with E-state index in [0.29, 0.717) is 33.9 Å². The van der Waals surface area contributed by atoms with Gasteiger partial charge in [-0.25, -0.2) is 4.68 Å². The standard InChI is InChI=1S/C37H35ClN4O5/c1-25(9-7-16-34(44)40(19-20-43)23-26-10-3-2-4-11-26)37(47)31-22-28(38)17-18-33(31)41(36(37)46)24-27-12-8-13-29(21-27)42-35(45)30-14-5-6-15-32(30)39-42/h2-15,17-18,21-22,25,39,43,47H,16,19-20,23-24H2,1H3/b9-7+/t25-,37+/m0/s1. The van der Waals surface area contributed by atoms with Gasteiger partial charge in [-0.05, 0) is 53.6 Å². The van der Waals surface area contributed by atoms with E-state index in [1.165, 1.54) is 9.58 Å². The molecule has 240 valence electrons. The highest BCUT2D eigenvalue weighted by Crippen LogP contribution is 2.46. The molecule has 2 heterocycles. The zero-order valence-electron chi connectivity index (χ0n) is 25.8. The number of carbonyl (C=O) groups excluding carboxylic acids is 2. The number of anilines is 1. The normalized spacial score (nSPS) is 16.6. The minimum absolute atomic E-state index is 0.0352. The molecule has 4 aromatic carbocycles. The van der Waals surface area contributed by atoms with Crippen LogP contribution in [0.1, 0.15) is 30.0 Å². The number of benzene rings is 4. The number of nitrogens with zero attached hydrogens (tertiary/aromatic N) is 3. The number of hydrogen-bond acceptors (Lipinski definition) is 5. The van der Waals surface area contributed by atoms with Gasteiger partial charge in [0.05, 0.1) is 35.4 Å². The van der Waals surface area contributed by atoms with Crippen molar-refractivity contribution in [2.45, 2.75) is 32.0 Å². The molecule has 47 heavy (non-hydrogen) atoms. The number of amides is 2. The summed E-state index contributed by atoms with van der Waals surface area (Å²) in [5.74, 6) is -1.41. The van der Waals surface area contributed by atoms with Gasteiger partial charge in [0.25, 0.3) is 11.5 Å². The van der Waals surface area contributed by atoms with Crippen molar-refractivity contribution >= 4 is 40.0 Å². The molecule has 1 aliphatic rings. The lowest BCUT2D eigenvalue weighted by atomic mass is 9.83. The Morgan fingerprint density at radius 1 is 0.979 bits per heavy atom. The number of aromatic amines is 1. The lowest BCUT2D eigenvalue weighted by Gasteiger charge is -2.28. The number of aromatic nitrogens is 2. The maximum absolute atomic E-state index is 14.1. The van der Waals surface area contributed by atoms with E-state index in [0.717, 1.165) is 16.6 Å². The summed E-state index contributed by atoms with van der Waals surface area (Å²) in [6.07, 6.45) is 3.36. The van der Waals surface area contributed by atoms with Crippen LogP contribution >= 0.6 is 11.6 Å². The molecule has 1 aliphatic heterocycles. The lowest BCUT2D eigenvalue weighted by molar-refractivity contribution is -0.139. The third kappa shape index (κ3) is 6.25. The Kier molecular flexibility index (Phi) is 9.13. The highest BCUT2D eigenvalue weighted by molar-refractivity contribution is 6.31. The van der Waals surface area contributed by atoms with Crippen molar-refractivity contribution in [3.8, 4) is 5.69 Å². The molecule has 0 bridgehead atoms. The van der Waals surface area contributed by atoms with E-state index in [-0.39, 0.29) is 37.6 Å². The van der Waals surface area contributed by atoms with E-state index in [9.17, 15) is 24.6 Å². The number of aliphatic hydroxyl groups is 2.